The number of halogens is 1. The van der Waals surface area contributed by atoms with Crippen LogP contribution in [0.25, 0.3) is 10.2 Å². The number of fused-ring (bicyclic) bond motifs is 1. The number of hydrogen-bond acceptors (Lipinski definition) is 4. The van der Waals surface area contributed by atoms with E-state index in [0.717, 1.165) is 46.7 Å². The van der Waals surface area contributed by atoms with E-state index >= 15 is 0 Å². The molecule has 1 amide bonds. The highest BCUT2D eigenvalue weighted by Gasteiger charge is 2.26. The number of rotatable bonds is 3. The van der Waals surface area contributed by atoms with Gasteiger partial charge in [-0.05, 0) is 43.3 Å². The van der Waals surface area contributed by atoms with Crippen LogP contribution in [0.4, 0.5) is 0 Å². The number of hydrogen-bond donors (Lipinski definition) is 0. The number of benzene rings is 2. The Labute approximate surface area is 165 Å². The lowest BCUT2D eigenvalue weighted by atomic mass is 10.1. The Hall–Kier alpha value is -1.76. The molecule has 0 N–H and O–H groups in total. The Kier molecular flexibility index (Phi) is 5.07. The highest BCUT2D eigenvalue weighted by Crippen LogP contribution is 2.30. The molecule has 6 heteroatoms. The van der Waals surface area contributed by atoms with Crippen LogP contribution >= 0.6 is 27.3 Å². The second kappa shape index (κ2) is 7.47. The Morgan fingerprint density at radius 3 is 2.46 bits per heavy atom. The molecule has 1 fully saturated rings. The lowest BCUT2D eigenvalue weighted by Crippen LogP contribution is -2.49. The molecule has 4 nitrogen and oxygen atoms in total. The molecule has 26 heavy (non-hydrogen) atoms. The average molecular weight is 430 g/mol. The SMILES string of the molecule is CC(c1nc2ccccc2s1)N1CCN(C(=O)c2ccc(Br)cc2)CC1. The quantitative estimate of drug-likeness (QED) is 0.611. The van der Waals surface area contributed by atoms with E-state index in [1.807, 2.05) is 35.2 Å². The van der Waals surface area contributed by atoms with Gasteiger partial charge in [-0.1, -0.05) is 28.1 Å². The minimum atomic E-state index is 0.116. The second-order valence-electron chi connectivity index (χ2n) is 6.53. The summed E-state index contributed by atoms with van der Waals surface area (Å²) in [5.41, 5.74) is 1.82. The van der Waals surface area contributed by atoms with E-state index < -0.39 is 0 Å². The maximum absolute atomic E-state index is 12.7. The van der Waals surface area contributed by atoms with E-state index in [1.54, 1.807) is 11.3 Å². The van der Waals surface area contributed by atoms with Gasteiger partial charge in [0.15, 0.2) is 0 Å². The summed E-state index contributed by atoms with van der Waals surface area (Å²) in [5, 5.41) is 1.15. The number of piperazine rings is 1. The van der Waals surface area contributed by atoms with E-state index in [9.17, 15) is 4.79 Å². The molecule has 1 unspecified atom stereocenters. The molecule has 0 bridgehead atoms. The van der Waals surface area contributed by atoms with Crippen LogP contribution in [0.2, 0.25) is 0 Å². The Morgan fingerprint density at radius 1 is 1.08 bits per heavy atom. The zero-order valence-corrected chi connectivity index (χ0v) is 17.0. The molecule has 2 heterocycles. The number of thiazole rings is 1. The van der Waals surface area contributed by atoms with Gasteiger partial charge in [-0.15, -0.1) is 11.3 Å². The molecule has 1 saturated heterocycles. The summed E-state index contributed by atoms with van der Waals surface area (Å²) in [6, 6.07) is 16.1. The molecule has 0 radical (unpaired) electrons. The van der Waals surface area contributed by atoms with Gasteiger partial charge in [-0.2, -0.15) is 0 Å². The van der Waals surface area contributed by atoms with Gasteiger partial charge >= 0.3 is 0 Å². The first kappa shape index (κ1) is 17.6. The fourth-order valence-electron chi connectivity index (χ4n) is 3.31. The smallest absolute Gasteiger partial charge is 0.253 e. The number of para-hydroxylation sites is 1. The van der Waals surface area contributed by atoms with Crippen molar-refractivity contribution in [1.82, 2.24) is 14.8 Å². The van der Waals surface area contributed by atoms with Crippen molar-refractivity contribution in [3.63, 3.8) is 0 Å². The van der Waals surface area contributed by atoms with Crippen molar-refractivity contribution >= 4 is 43.4 Å². The molecule has 3 aromatic rings. The maximum atomic E-state index is 12.7. The van der Waals surface area contributed by atoms with Crippen LogP contribution in [0.1, 0.15) is 28.3 Å². The Bertz CT molecular complexity index is 883. The lowest BCUT2D eigenvalue weighted by Gasteiger charge is -2.37. The van der Waals surface area contributed by atoms with Crippen molar-refractivity contribution in [2.24, 2.45) is 0 Å². The topological polar surface area (TPSA) is 36.4 Å². The van der Waals surface area contributed by atoms with Crippen LogP contribution in [0, 0.1) is 0 Å². The molecular formula is C20H20BrN3OS. The van der Waals surface area contributed by atoms with Gasteiger partial charge < -0.3 is 4.90 Å². The summed E-state index contributed by atoms with van der Waals surface area (Å²) < 4.78 is 2.22. The van der Waals surface area contributed by atoms with Gasteiger partial charge in [-0.25, -0.2) is 4.98 Å². The summed E-state index contributed by atoms with van der Waals surface area (Å²) in [5.74, 6) is 0.116. The normalized spacial score (nSPS) is 16.8. The highest BCUT2D eigenvalue weighted by molar-refractivity contribution is 9.10. The van der Waals surface area contributed by atoms with Crippen LogP contribution in [0.5, 0.6) is 0 Å². The van der Waals surface area contributed by atoms with Gasteiger partial charge in [0.05, 0.1) is 16.3 Å². The van der Waals surface area contributed by atoms with Gasteiger partial charge in [0.1, 0.15) is 5.01 Å². The van der Waals surface area contributed by atoms with E-state index in [2.05, 4.69) is 46.0 Å². The third kappa shape index (κ3) is 3.54. The average Bonchev–Trinajstić information content (AvgIpc) is 3.12. The van der Waals surface area contributed by atoms with E-state index in [0.29, 0.717) is 0 Å². The lowest BCUT2D eigenvalue weighted by molar-refractivity contribution is 0.0582. The fraction of sp³-hybridized carbons (Fsp3) is 0.300. The van der Waals surface area contributed by atoms with Gasteiger partial charge in [0.2, 0.25) is 0 Å². The second-order valence-corrected chi connectivity index (χ2v) is 8.51. The fourth-order valence-corrected chi connectivity index (χ4v) is 4.63. The molecule has 134 valence electrons. The van der Waals surface area contributed by atoms with Crippen LogP contribution in [0.3, 0.4) is 0 Å². The van der Waals surface area contributed by atoms with E-state index in [-0.39, 0.29) is 11.9 Å². The standard InChI is InChI=1S/C20H20BrN3OS/c1-14(19-22-17-4-2-3-5-18(17)26-19)23-10-12-24(13-11-23)20(25)15-6-8-16(21)9-7-15/h2-9,14H,10-13H2,1H3. The maximum Gasteiger partial charge on any atom is 0.253 e. The molecule has 0 saturated carbocycles. The Balaban J connectivity index is 1.41. The van der Waals surface area contributed by atoms with Crippen LogP contribution < -0.4 is 0 Å². The van der Waals surface area contributed by atoms with E-state index in [1.165, 1.54) is 4.70 Å². The number of nitrogens with zero attached hydrogens (tertiary/aromatic N) is 3. The minimum absolute atomic E-state index is 0.116. The van der Waals surface area contributed by atoms with Crippen LogP contribution in [-0.4, -0.2) is 46.9 Å². The molecular weight excluding hydrogens is 410 g/mol. The molecule has 0 spiro atoms. The third-order valence-electron chi connectivity index (χ3n) is 4.91. The molecule has 1 atom stereocenters. The van der Waals surface area contributed by atoms with Crippen molar-refractivity contribution in [2.45, 2.75) is 13.0 Å². The monoisotopic (exact) mass is 429 g/mol. The number of aromatic nitrogens is 1. The molecule has 1 aliphatic heterocycles. The molecule has 4 rings (SSSR count). The highest BCUT2D eigenvalue weighted by atomic mass is 79.9. The molecule has 2 aromatic carbocycles. The summed E-state index contributed by atoms with van der Waals surface area (Å²) in [4.78, 5) is 21.8. The summed E-state index contributed by atoms with van der Waals surface area (Å²) in [6.07, 6.45) is 0. The first-order valence-electron chi connectivity index (χ1n) is 8.76. The number of carbonyl (C=O) groups excluding carboxylic acids is 1. The summed E-state index contributed by atoms with van der Waals surface area (Å²) in [6.45, 7) is 5.47. The van der Waals surface area contributed by atoms with Crippen molar-refractivity contribution in [3.05, 3.63) is 63.6 Å². The first-order valence-corrected chi connectivity index (χ1v) is 10.4. The van der Waals surface area contributed by atoms with Gasteiger partial charge in [-0.3, -0.25) is 9.69 Å². The predicted molar refractivity (Wildman–Crippen MR) is 110 cm³/mol. The third-order valence-corrected chi connectivity index (χ3v) is 6.64. The zero-order valence-electron chi connectivity index (χ0n) is 14.6. The minimum Gasteiger partial charge on any atom is -0.336 e. The van der Waals surface area contributed by atoms with Gasteiger partial charge in [0.25, 0.3) is 5.91 Å². The van der Waals surface area contributed by atoms with Crippen molar-refractivity contribution in [1.29, 1.82) is 0 Å². The summed E-state index contributed by atoms with van der Waals surface area (Å²) in [7, 11) is 0. The Morgan fingerprint density at radius 2 is 1.77 bits per heavy atom. The number of carbonyl (C=O) groups is 1. The van der Waals surface area contributed by atoms with Crippen molar-refractivity contribution in [3.8, 4) is 0 Å². The van der Waals surface area contributed by atoms with Crippen molar-refractivity contribution < 1.29 is 4.79 Å². The number of amides is 1. The van der Waals surface area contributed by atoms with E-state index in [4.69, 9.17) is 4.98 Å². The van der Waals surface area contributed by atoms with Crippen LogP contribution in [-0.2, 0) is 0 Å². The molecule has 0 aliphatic carbocycles. The van der Waals surface area contributed by atoms with Gasteiger partial charge in [0, 0.05) is 36.2 Å². The molecule has 1 aliphatic rings. The van der Waals surface area contributed by atoms with Crippen molar-refractivity contribution in [2.75, 3.05) is 26.2 Å². The first-order chi connectivity index (χ1) is 12.6. The largest absolute Gasteiger partial charge is 0.336 e. The molecule has 1 aromatic heterocycles. The predicted octanol–water partition coefficient (Wildman–Crippen LogP) is 4.58. The zero-order chi connectivity index (χ0) is 18.1. The summed E-state index contributed by atoms with van der Waals surface area (Å²) >= 11 is 5.18. The van der Waals surface area contributed by atoms with Crippen LogP contribution in [0.15, 0.2) is 53.0 Å².